The van der Waals surface area contributed by atoms with E-state index in [9.17, 15) is 9.18 Å². The van der Waals surface area contributed by atoms with Gasteiger partial charge in [-0.3, -0.25) is 4.79 Å². The highest BCUT2D eigenvalue weighted by Gasteiger charge is 2.17. The minimum atomic E-state index is -0.542. The molecule has 1 aromatic carbocycles. The van der Waals surface area contributed by atoms with Crippen molar-refractivity contribution in [1.82, 2.24) is 5.32 Å². The van der Waals surface area contributed by atoms with E-state index < -0.39 is 5.82 Å². The van der Waals surface area contributed by atoms with Crippen LogP contribution in [0.2, 0.25) is 0 Å². The molecule has 0 unspecified atom stereocenters. The summed E-state index contributed by atoms with van der Waals surface area (Å²) in [6.07, 6.45) is 0. The van der Waals surface area contributed by atoms with Crippen LogP contribution in [0.4, 0.5) is 4.39 Å². The molecule has 17 heavy (non-hydrogen) atoms. The van der Waals surface area contributed by atoms with E-state index in [0.717, 1.165) is 0 Å². The second-order valence-corrected chi connectivity index (χ2v) is 3.66. The first-order valence-corrected chi connectivity index (χ1v) is 5.52. The molecule has 0 aromatic heterocycles. The molecule has 0 saturated carbocycles. The second-order valence-electron chi connectivity index (χ2n) is 3.66. The third-order valence-corrected chi connectivity index (χ3v) is 2.23. The second kappa shape index (κ2) is 6.20. The number of hydrogen-bond acceptors (Lipinski definition) is 3. The summed E-state index contributed by atoms with van der Waals surface area (Å²) in [5.41, 5.74) is 5.59. The van der Waals surface area contributed by atoms with E-state index in [0.29, 0.717) is 13.2 Å². The number of amides is 1. The quantitative estimate of drug-likeness (QED) is 0.815. The Bertz CT molecular complexity index is 396. The first-order chi connectivity index (χ1) is 8.10. The van der Waals surface area contributed by atoms with Gasteiger partial charge in [-0.1, -0.05) is 6.07 Å². The van der Waals surface area contributed by atoms with Crippen molar-refractivity contribution in [2.24, 2.45) is 5.73 Å². The van der Waals surface area contributed by atoms with Gasteiger partial charge in [0.1, 0.15) is 0 Å². The standard InChI is InChI=1S/C12H17FN2O2/c1-3-17-11-9(5-4-6-10(11)13)12(16)15-8(2)7-14/h4-6,8H,3,7,14H2,1-2H3,(H,15,16)/t8-/m0/s1. The first-order valence-electron chi connectivity index (χ1n) is 5.52. The Balaban J connectivity index is 2.96. The van der Waals surface area contributed by atoms with Crippen molar-refractivity contribution in [3.8, 4) is 5.75 Å². The molecule has 0 spiro atoms. The molecule has 94 valence electrons. The molecular formula is C12H17FN2O2. The molecule has 3 N–H and O–H groups in total. The van der Waals surface area contributed by atoms with Gasteiger partial charge in [0.25, 0.3) is 5.91 Å². The molecular weight excluding hydrogens is 223 g/mol. The van der Waals surface area contributed by atoms with E-state index in [-0.39, 0.29) is 23.3 Å². The van der Waals surface area contributed by atoms with E-state index >= 15 is 0 Å². The number of halogens is 1. The van der Waals surface area contributed by atoms with Gasteiger partial charge >= 0.3 is 0 Å². The van der Waals surface area contributed by atoms with Gasteiger partial charge in [0.15, 0.2) is 11.6 Å². The average molecular weight is 240 g/mol. The van der Waals surface area contributed by atoms with Crippen molar-refractivity contribution >= 4 is 5.91 Å². The Morgan fingerprint density at radius 1 is 1.59 bits per heavy atom. The van der Waals surface area contributed by atoms with Crippen molar-refractivity contribution in [2.45, 2.75) is 19.9 Å². The van der Waals surface area contributed by atoms with Crippen molar-refractivity contribution in [2.75, 3.05) is 13.2 Å². The van der Waals surface area contributed by atoms with Crippen LogP contribution in [0.1, 0.15) is 24.2 Å². The predicted molar refractivity (Wildman–Crippen MR) is 63.6 cm³/mol. The van der Waals surface area contributed by atoms with Crippen LogP contribution in [0.3, 0.4) is 0 Å². The van der Waals surface area contributed by atoms with Crippen LogP contribution in [0.5, 0.6) is 5.75 Å². The molecule has 0 fully saturated rings. The van der Waals surface area contributed by atoms with E-state index in [1.807, 2.05) is 0 Å². The average Bonchev–Trinajstić information content (AvgIpc) is 2.31. The zero-order valence-electron chi connectivity index (χ0n) is 10.00. The number of para-hydroxylation sites is 1. The number of benzene rings is 1. The number of carbonyl (C=O) groups is 1. The van der Waals surface area contributed by atoms with Gasteiger partial charge in [-0.15, -0.1) is 0 Å². The SMILES string of the molecule is CCOc1c(F)cccc1C(=O)N[C@@H](C)CN. The lowest BCUT2D eigenvalue weighted by molar-refractivity contribution is 0.0936. The number of hydrogen-bond donors (Lipinski definition) is 2. The Morgan fingerprint density at radius 3 is 2.88 bits per heavy atom. The van der Waals surface area contributed by atoms with Crippen LogP contribution < -0.4 is 15.8 Å². The van der Waals surface area contributed by atoms with Crippen molar-refractivity contribution in [3.05, 3.63) is 29.6 Å². The maximum Gasteiger partial charge on any atom is 0.255 e. The summed E-state index contributed by atoms with van der Waals surface area (Å²) >= 11 is 0. The predicted octanol–water partition coefficient (Wildman–Crippen LogP) is 1.30. The molecule has 5 heteroatoms. The van der Waals surface area contributed by atoms with Crippen LogP contribution in [-0.4, -0.2) is 25.1 Å². The Hall–Kier alpha value is -1.62. The van der Waals surface area contributed by atoms with E-state index in [2.05, 4.69) is 5.32 Å². The number of ether oxygens (including phenoxy) is 1. The van der Waals surface area contributed by atoms with Gasteiger partial charge in [-0.25, -0.2) is 4.39 Å². The normalized spacial score (nSPS) is 12.0. The summed E-state index contributed by atoms with van der Waals surface area (Å²) in [5, 5.41) is 2.66. The van der Waals surface area contributed by atoms with Gasteiger partial charge in [-0.2, -0.15) is 0 Å². The Morgan fingerprint density at radius 2 is 2.29 bits per heavy atom. The maximum atomic E-state index is 13.5. The molecule has 0 heterocycles. The molecule has 1 atom stereocenters. The maximum absolute atomic E-state index is 13.5. The fourth-order valence-corrected chi connectivity index (χ4v) is 1.34. The van der Waals surface area contributed by atoms with E-state index in [4.69, 9.17) is 10.5 Å². The minimum absolute atomic E-state index is 0.0169. The molecule has 0 saturated heterocycles. The van der Waals surface area contributed by atoms with E-state index in [1.54, 1.807) is 13.8 Å². The zero-order valence-corrected chi connectivity index (χ0v) is 10.00. The molecule has 1 aromatic rings. The van der Waals surface area contributed by atoms with E-state index in [1.165, 1.54) is 18.2 Å². The summed E-state index contributed by atoms with van der Waals surface area (Å²) in [6, 6.07) is 4.08. The largest absolute Gasteiger partial charge is 0.490 e. The van der Waals surface area contributed by atoms with Crippen molar-refractivity contribution < 1.29 is 13.9 Å². The highest BCUT2D eigenvalue weighted by Crippen LogP contribution is 2.22. The summed E-state index contributed by atoms with van der Waals surface area (Å²) in [4.78, 5) is 11.8. The molecule has 0 aliphatic rings. The zero-order chi connectivity index (χ0) is 12.8. The first kappa shape index (κ1) is 13.4. The summed E-state index contributed by atoms with van der Waals surface area (Å²) < 4.78 is 18.6. The van der Waals surface area contributed by atoms with Gasteiger partial charge in [0, 0.05) is 12.6 Å². The fourth-order valence-electron chi connectivity index (χ4n) is 1.34. The van der Waals surface area contributed by atoms with Gasteiger partial charge in [0.2, 0.25) is 0 Å². The molecule has 0 aliphatic heterocycles. The molecule has 0 radical (unpaired) electrons. The number of rotatable bonds is 5. The fraction of sp³-hybridized carbons (Fsp3) is 0.417. The minimum Gasteiger partial charge on any atom is -0.490 e. The van der Waals surface area contributed by atoms with Crippen LogP contribution in [0.15, 0.2) is 18.2 Å². The lowest BCUT2D eigenvalue weighted by Crippen LogP contribution is -2.38. The van der Waals surface area contributed by atoms with Gasteiger partial charge < -0.3 is 15.8 Å². The number of carbonyl (C=O) groups excluding carboxylic acids is 1. The topological polar surface area (TPSA) is 64.3 Å². The molecule has 4 nitrogen and oxygen atoms in total. The summed E-state index contributed by atoms with van der Waals surface area (Å²) in [6.45, 7) is 4.13. The highest BCUT2D eigenvalue weighted by molar-refractivity contribution is 5.97. The lowest BCUT2D eigenvalue weighted by Gasteiger charge is -2.14. The number of nitrogens with two attached hydrogens (primary N) is 1. The Kier molecular flexibility index (Phi) is 4.90. The number of nitrogens with one attached hydrogen (secondary N) is 1. The lowest BCUT2D eigenvalue weighted by atomic mass is 10.1. The van der Waals surface area contributed by atoms with Crippen LogP contribution in [-0.2, 0) is 0 Å². The van der Waals surface area contributed by atoms with Crippen LogP contribution in [0, 0.1) is 5.82 Å². The molecule has 0 aliphatic carbocycles. The molecule has 1 rings (SSSR count). The molecule has 1 amide bonds. The Labute approximate surface area is 100.0 Å². The smallest absolute Gasteiger partial charge is 0.255 e. The van der Waals surface area contributed by atoms with Gasteiger partial charge in [0.05, 0.1) is 12.2 Å². The third-order valence-electron chi connectivity index (χ3n) is 2.23. The van der Waals surface area contributed by atoms with Crippen LogP contribution in [0.25, 0.3) is 0 Å². The molecule has 0 bridgehead atoms. The van der Waals surface area contributed by atoms with Gasteiger partial charge in [-0.05, 0) is 26.0 Å². The summed E-state index contributed by atoms with van der Waals surface area (Å²) in [7, 11) is 0. The van der Waals surface area contributed by atoms with Crippen LogP contribution >= 0.6 is 0 Å². The van der Waals surface area contributed by atoms with Crippen molar-refractivity contribution in [3.63, 3.8) is 0 Å². The highest BCUT2D eigenvalue weighted by atomic mass is 19.1. The third kappa shape index (κ3) is 3.42. The van der Waals surface area contributed by atoms with Crippen molar-refractivity contribution in [1.29, 1.82) is 0 Å². The monoisotopic (exact) mass is 240 g/mol. The summed E-state index contributed by atoms with van der Waals surface area (Å²) in [5.74, 6) is -0.942.